The second kappa shape index (κ2) is 7.16. The maximum atomic E-state index is 12.8. The summed E-state index contributed by atoms with van der Waals surface area (Å²) in [5, 5.41) is 5.34. The summed E-state index contributed by atoms with van der Waals surface area (Å²) in [4.78, 5) is 16.9. The van der Waals surface area contributed by atoms with E-state index in [0.717, 1.165) is 44.5 Å². The summed E-state index contributed by atoms with van der Waals surface area (Å²) < 4.78 is 0. The molecule has 0 aliphatic carbocycles. The second-order valence-electron chi connectivity index (χ2n) is 7.79. The van der Waals surface area contributed by atoms with Gasteiger partial charge in [0.1, 0.15) is 0 Å². The summed E-state index contributed by atoms with van der Waals surface area (Å²) >= 11 is 1.90. The molecule has 1 atom stereocenters. The molecule has 0 saturated heterocycles. The average molecular weight is 369 g/mol. The average Bonchev–Trinajstić information content (AvgIpc) is 3.21. The van der Waals surface area contributed by atoms with Crippen molar-refractivity contribution in [1.82, 2.24) is 4.90 Å². The number of amides is 1. The van der Waals surface area contributed by atoms with E-state index in [9.17, 15) is 4.79 Å². The van der Waals surface area contributed by atoms with Crippen molar-refractivity contribution in [3.8, 4) is 0 Å². The van der Waals surface area contributed by atoms with Crippen molar-refractivity contribution < 1.29 is 4.79 Å². The minimum Gasteiger partial charge on any atom is -0.325 e. The van der Waals surface area contributed by atoms with Gasteiger partial charge in [-0.1, -0.05) is 31.0 Å². The number of nitrogens with one attached hydrogen (secondary N) is 1. The zero-order chi connectivity index (χ0) is 18.1. The van der Waals surface area contributed by atoms with Crippen molar-refractivity contribution >= 4 is 22.9 Å². The Balaban J connectivity index is 1.37. The van der Waals surface area contributed by atoms with E-state index in [-0.39, 0.29) is 11.3 Å². The summed E-state index contributed by atoms with van der Waals surface area (Å²) in [6.45, 7) is 7.67. The molecule has 1 N–H and O–H groups in total. The highest BCUT2D eigenvalue weighted by molar-refractivity contribution is 7.10. The molecule has 2 aromatic rings. The Morgan fingerprint density at radius 2 is 2.15 bits per heavy atom. The van der Waals surface area contributed by atoms with E-state index >= 15 is 0 Å². The first-order chi connectivity index (χ1) is 12.6. The predicted octanol–water partition coefficient (Wildman–Crippen LogP) is 4.89. The molecular formula is C22H28N2OS. The van der Waals surface area contributed by atoms with Crippen molar-refractivity contribution in [1.29, 1.82) is 0 Å². The highest BCUT2D eigenvalue weighted by Crippen LogP contribution is 2.44. The van der Waals surface area contributed by atoms with Gasteiger partial charge in [0.05, 0.1) is 5.41 Å². The van der Waals surface area contributed by atoms with Gasteiger partial charge in [0, 0.05) is 23.7 Å². The highest BCUT2D eigenvalue weighted by Gasteiger charge is 2.44. The molecule has 1 aromatic carbocycles. The maximum Gasteiger partial charge on any atom is 0.235 e. The number of rotatable bonds is 6. The van der Waals surface area contributed by atoms with E-state index < -0.39 is 0 Å². The summed E-state index contributed by atoms with van der Waals surface area (Å²) in [7, 11) is 0. The third-order valence-electron chi connectivity index (χ3n) is 6.19. The second-order valence-corrected chi connectivity index (χ2v) is 8.79. The molecule has 4 heteroatoms. The maximum absolute atomic E-state index is 12.8. The van der Waals surface area contributed by atoms with Gasteiger partial charge in [-0.05, 0) is 67.8 Å². The number of anilines is 1. The number of hydrogen-bond acceptors (Lipinski definition) is 3. The fourth-order valence-corrected chi connectivity index (χ4v) is 5.45. The van der Waals surface area contributed by atoms with Crippen LogP contribution in [0.15, 0.2) is 29.6 Å². The predicted molar refractivity (Wildman–Crippen MR) is 109 cm³/mol. The summed E-state index contributed by atoms with van der Waals surface area (Å²) in [5.41, 5.74) is 4.65. The van der Waals surface area contributed by atoms with Crippen LogP contribution in [0.5, 0.6) is 0 Å². The summed E-state index contributed by atoms with van der Waals surface area (Å²) in [5.74, 6) is 0.196. The standard InChI is InChI=1S/C22H28N2OS/c1-3-22(18-14-16(2)6-7-19(18)23-21(22)25)10-4-5-11-24-12-8-20-17(15-24)9-13-26-20/h6-7,9,13-14H,3-5,8,10-12,15H2,1-2H3,(H,23,25). The third-order valence-corrected chi connectivity index (χ3v) is 7.21. The molecule has 26 heavy (non-hydrogen) atoms. The highest BCUT2D eigenvalue weighted by atomic mass is 32.1. The lowest BCUT2D eigenvalue weighted by atomic mass is 9.75. The minimum absolute atomic E-state index is 0.196. The summed E-state index contributed by atoms with van der Waals surface area (Å²) in [6.07, 6.45) is 5.28. The molecule has 3 heterocycles. The van der Waals surface area contributed by atoms with Crippen molar-refractivity contribution in [3.05, 3.63) is 51.2 Å². The van der Waals surface area contributed by atoms with E-state index in [1.54, 1.807) is 4.88 Å². The van der Waals surface area contributed by atoms with Crippen LogP contribution in [-0.4, -0.2) is 23.9 Å². The zero-order valence-corrected chi connectivity index (χ0v) is 16.6. The van der Waals surface area contributed by atoms with Crippen molar-refractivity contribution in [2.45, 2.75) is 57.9 Å². The van der Waals surface area contributed by atoms with Gasteiger partial charge in [0.15, 0.2) is 0 Å². The lowest BCUT2D eigenvalue weighted by Crippen LogP contribution is -2.34. The van der Waals surface area contributed by atoms with Crippen LogP contribution >= 0.6 is 11.3 Å². The summed E-state index contributed by atoms with van der Waals surface area (Å²) in [6, 6.07) is 8.63. The molecule has 1 amide bonds. The van der Waals surface area contributed by atoms with E-state index in [4.69, 9.17) is 0 Å². The van der Waals surface area contributed by atoms with Crippen molar-refractivity contribution in [2.24, 2.45) is 0 Å². The topological polar surface area (TPSA) is 32.3 Å². The molecule has 0 bridgehead atoms. The molecular weight excluding hydrogens is 340 g/mol. The Labute approximate surface area is 160 Å². The van der Waals surface area contributed by atoms with E-state index in [0.29, 0.717) is 0 Å². The van der Waals surface area contributed by atoms with E-state index in [1.165, 1.54) is 29.7 Å². The van der Waals surface area contributed by atoms with Gasteiger partial charge < -0.3 is 5.32 Å². The van der Waals surface area contributed by atoms with Gasteiger partial charge in [-0.2, -0.15) is 0 Å². The first kappa shape index (κ1) is 17.7. The van der Waals surface area contributed by atoms with Crippen LogP contribution in [0, 0.1) is 6.92 Å². The number of carbonyl (C=O) groups excluding carboxylic acids is 1. The van der Waals surface area contributed by atoms with Gasteiger partial charge in [0.25, 0.3) is 0 Å². The number of hydrogen-bond donors (Lipinski definition) is 1. The normalized spacial score (nSPS) is 22.2. The van der Waals surface area contributed by atoms with Crippen LogP contribution in [0.25, 0.3) is 0 Å². The Bertz CT molecular complexity index is 812. The van der Waals surface area contributed by atoms with Crippen LogP contribution < -0.4 is 5.32 Å². The smallest absolute Gasteiger partial charge is 0.235 e. The van der Waals surface area contributed by atoms with Crippen LogP contribution in [0.3, 0.4) is 0 Å². The van der Waals surface area contributed by atoms with E-state index in [1.807, 2.05) is 11.3 Å². The number of unbranched alkanes of at least 4 members (excludes halogenated alkanes) is 1. The van der Waals surface area contributed by atoms with Crippen LogP contribution in [-0.2, 0) is 23.2 Å². The largest absolute Gasteiger partial charge is 0.325 e. The van der Waals surface area contributed by atoms with Crippen LogP contribution in [0.4, 0.5) is 5.69 Å². The molecule has 3 nitrogen and oxygen atoms in total. The first-order valence-corrected chi connectivity index (χ1v) is 10.7. The Kier molecular flexibility index (Phi) is 4.89. The zero-order valence-electron chi connectivity index (χ0n) is 15.8. The molecule has 2 aliphatic heterocycles. The quantitative estimate of drug-likeness (QED) is 0.737. The van der Waals surface area contributed by atoms with Gasteiger partial charge in [0.2, 0.25) is 5.91 Å². The van der Waals surface area contributed by atoms with Crippen LogP contribution in [0.1, 0.15) is 54.2 Å². The molecule has 0 spiro atoms. The lowest BCUT2D eigenvalue weighted by Gasteiger charge is -2.29. The molecule has 4 rings (SSSR count). The fourth-order valence-electron chi connectivity index (χ4n) is 4.56. The monoisotopic (exact) mass is 368 g/mol. The van der Waals surface area contributed by atoms with Crippen LogP contribution in [0.2, 0.25) is 0 Å². The fraction of sp³-hybridized carbons (Fsp3) is 0.500. The van der Waals surface area contributed by atoms with E-state index in [2.05, 4.69) is 53.7 Å². The number of benzene rings is 1. The van der Waals surface area contributed by atoms with Crippen molar-refractivity contribution in [3.63, 3.8) is 0 Å². The third kappa shape index (κ3) is 3.10. The number of nitrogens with zero attached hydrogens (tertiary/aromatic N) is 1. The van der Waals surface area contributed by atoms with Gasteiger partial charge in [-0.15, -0.1) is 11.3 Å². The molecule has 0 saturated carbocycles. The van der Waals surface area contributed by atoms with Crippen molar-refractivity contribution in [2.75, 3.05) is 18.4 Å². The van der Waals surface area contributed by atoms with Gasteiger partial charge >= 0.3 is 0 Å². The molecule has 1 aromatic heterocycles. The van der Waals surface area contributed by atoms with Gasteiger partial charge in [-0.3, -0.25) is 9.69 Å². The molecule has 2 aliphatic rings. The minimum atomic E-state index is -0.330. The van der Waals surface area contributed by atoms with Gasteiger partial charge in [-0.25, -0.2) is 0 Å². The SMILES string of the molecule is CCC1(CCCCN2CCc3sccc3C2)C(=O)Nc2ccc(C)cc21. The molecule has 138 valence electrons. The number of aryl methyl sites for hydroxylation is 1. The Hall–Kier alpha value is -1.65. The Morgan fingerprint density at radius 1 is 1.27 bits per heavy atom. The molecule has 1 unspecified atom stereocenters. The number of carbonyl (C=O) groups is 1. The first-order valence-electron chi connectivity index (χ1n) is 9.82. The number of thiophene rings is 1. The molecule has 0 fully saturated rings. The Morgan fingerprint density at radius 3 is 3.00 bits per heavy atom. The molecule has 0 radical (unpaired) electrons. The number of fused-ring (bicyclic) bond motifs is 2. The lowest BCUT2D eigenvalue weighted by molar-refractivity contribution is -0.121.